The summed E-state index contributed by atoms with van der Waals surface area (Å²) in [5, 5.41) is 12.1. The van der Waals surface area contributed by atoms with Gasteiger partial charge in [-0.25, -0.2) is 4.79 Å². The third kappa shape index (κ3) is 4.89. The number of amides is 1. The van der Waals surface area contributed by atoms with E-state index in [9.17, 15) is 14.7 Å². The van der Waals surface area contributed by atoms with Crippen molar-refractivity contribution in [1.82, 2.24) is 5.32 Å². The van der Waals surface area contributed by atoms with Gasteiger partial charge < -0.3 is 19.9 Å². The fraction of sp³-hybridized carbons (Fsp3) is 0.364. The zero-order chi connectivity index (χ0) is 19.9. The Morgan fingerprint density at radius 2 is 1.93 bits per heavy atom. The summed E-state index contributed by atoms with van der Waals surface area (Å²) in [6.45, 7) is 0.542. The first kappa shape index (κ1) is 19.9. The maximum atomic E-state index is 12.3. The number of carbonyl (C=O) groups is 2. The molecule has 1 aliphatic rings. The monoisotopic (exact) mass is 383 g/mol. The molecule has 0 spiro atoms. The highest BCUT2D eigenvalue weighted by Crippen LogP contribution is 2.29. The van der Waals surface area contributed by atoms with Crippen LogP contribution in [-0.4, -0.2) is 42.8 Å². The summed E-state index contributed by atoms with van der Waals surface area (Å²) < 4.78 is 10.8. The molecule has 0 saturated carbocycles. The van der Waals surface area contributed by atoms with Crippen LogP contribution in [0.2, 0.25) is 0 Å². The predicted octanol–water partition coefficient (Wildman–Crippen LogP) is 3.04. The van der Waals surface area contributed by atoms with E-state index in [0.717, 1.165) is 35.3 Å². The first-order valence-electron chi connectivity index (χ1n) is 9.45. The normalized spacial score (nSPS) is 17.5. The fourth-order valence-electron chi connectivity index (χ4n) is 3.35. The molecule has 1 aliphatic heterocycles. The first-order chi connectivity index (χ1) is 13.6. The maximum absolute atomic E-state index is 12.3. The zero-order valence-corrected chi connectivity index (χ0v) is 15.9. The van der Waals surface area contributed by atoms with E-state index in [1.165, 1.54) is 0 Å². The van der Waals surface area contributed by atoms with E-state index in [1.807, 2.05) is 48.5 Å². The van der Waals surface area contributed by atoms with Gasteiger partial charge in [0, 0.05) is 18.6 Å². The van der Waals surface area contributed by atoms with Gasteiger partial charge in [0.25, 0.3) is 0 Å². The Kier molecular flexibility index (Phi) is 6.66. The second kappa shape index (κ2) is 9.37. The van der Waals surface area contributed by atoms with E-state index in [1.54, 1.807) is 7.11 Å². The van der Waals surface area contributed by atoms with E-state index in [0.29, 0.717) is 13.0 Å². The third-order valence-electron chi connectivity index (χ3n) is 4.90. The fourth-order valence-corrected chi connectivity index (χ4v) is 3.35. The van der Waals surface area contributed by atoms with E-state index in [2.05, 4.69) is 5.32 Å². The highest BCUT2D eigenvalue weighted by molar-refractivity contribution is 5.86. The number of para-hydroxylation sites is 1. The van der Waals surface area contributed by atoms with Gasteiger partial charge in [0.1, 0.15) is 17.9 Å². The number of aliphatic carboxylic acids is 1. The molecule has 0 aliphatic carbocycles. The first-order valence-corrected chi connectivity index (χ1v) is 9.45. The quantitative estimate of drug-likeness (QED) is 0.768. The molecule has 3 rings (SSSR count). The predicted molar refractivity (Wildman–Crippen MR) is 105 cm³/mol. The van der Waals surface area contributed by atoms with Crippen molar-refractivity contribution >= 4 is 11.9 Å². The van der Waals surface area contributed by atoms with Crippen LogP contribution in [0, 0.1) is 0 Å². The van der Waals surface area contributed by atoms with Crippen LogP contribution in [0.15, 0.2) is 48.5 Å². The molecule has 1 fully saturated rings. The second-order valence-electron chi connectivity index (χ2n) is 6.86. The maximum Gasteiger partial charge on any atom is 0.326 e. The molecule has 0 radical (unpaired) electrons. The van der Waals surface area contributed by atoms with Crippen LogP contribution in [0.4, 0.5) is 0 Å². The second-order valence-corrected chi connectivity index (χ2v) is 6.86. The minimum Gasteiger partial charge on any atom is -0.496 e. The molecule has 2 aromatic rings. The number of ether oxygens (including phenoxy) is 2. The van der Waals surface area contributed by atoms with Crippen LogP contribution in [0.3, 0.4) is 0 Å². The van der Waals surface area contributed by atoms with Crippen LogP contribution in [0.5, 0.6) is 5.75 Å². The van der Waals surface area contributed by atoms with Crippen molar-refractivity contribution in [3.05, 3.63) is 54.1 Å². The minimum atomic E-state index is -1.06. The molecule has 2 atom stereocenters. The molecule has 1 heterocycles. The van der Waals surface area contributed by atoms with Crippen molar-refractivity contribution in [2.45, 2.75) is 37.8 Å². The molecular weight excluding hydrogens is 358 g/mol. The zero-order valence-electron chi connectivity index (χ0n) is 15.9. The minimum absolute atomic E-state index is 0.208. The Morgan fingerprint density at radius 1 is 1.18 bits per heavy atom. The highest BCUT2D eigenvalue weighted by atomic mass is 16.5. The number of carbonyl (C=O) groups excluding carboxylic acids is 1. The molecular formula is C22H25NO5. The lowest BCUT2D eigenvalue weighted by Gasteiger charge is -2.24. The van der Waals surface area contributed by atoms with Gasteiger partial charge in [0.15, 0.2) is 0 Å². The molecule has 0 aromatic heterocycles. The molecule has 2 N–H and O–H groups in total. The van der Waals surface area contributed by atoms with Crippen LogP contribution in [0.1, 0.15) is 24.8 Å². The van der Waals surface area contributed by atoms with Crippen LogP contribution >= 0.6 is 0 Å². The molecule has 148 valence electrons. The Hall–Kier alpha value is -2.86. The van der Waals surface area contributed by atoms with Crippen LogP contribution < -0.4 is 10.1 Å². The number of nitrogens with one attached hydrogen (secondary N) is 1. The molecule has 1 unspecified atom stereocenters. The smallest absolute Gasteiger partial charge is 0.326 e. The van der Waals surface area contributed by atoms with Gasteiger partial charge in [-0.05, 0) is 36.5 Å². The summed E-state index contributed by atoms with van der Waals surface area (Å²) in [6.07, 6.45) is 2.14. The van der Waals surface area contributed by atoms with E-state index < -0.39 is 18.1 Å². The van der Waals surface area contributed by atoms with Gasteiger partial charge >= 0.3 is 5.97 Å². The molecule has 6 nitrogen and oxygen atoms in total. The molecule has 1 amide bonds. The number of hydrogen-bond acceptors (Lipinski definition) is 4. The van der Waals surface area contributed by atoms with Gasteiger partial charge in [-0.15, -0.1) is 0 Å². The lowest BCUT2D eigenvalue weighted by Crippen LogP contribution is -2.48. The largest absolute Gasteiger partial charge is 0.496 e. The van der Waals surface area contributed by atoms with Crippen molar-refractivity contribution in [2.24, 2.45) is 0 Å². The van der Waals surface area contributed by atoms with Gasteiger partial charge in [0.2, 0.25) is 5.91 Å². The average Bonchev–Trinajstić information content (AvgIpc) is 2.74. The summed E-state index contributed by atoms with van der Waals surface area (Å²) >= 11 is 0. The van der Waals surface area contributed by atoms with Gasteiger partial charge in [-0.2, -0.15) is 0 Å². The van der Waals surface area contributed by atoms with Crippen molar-refractivity contribution < 1.29 is 24.2 Å². The summed E-state index contributed by atoms with van der Waals surface area (Å²) in [7, 11) is 1.63. The van der Waals surface area contributed by atoms with Crippen molar-refractivity contribution in [2.75, 3.05) is 13.7 Å². The molecule has 0 bridgehead atoms. The molecule has 2 aromatic carbocycles. The van der Waals surface area contributed by atoms with Crippen molar-refractivity contribution in [3.63, 3.8) is 0 Å². The summed E-state index contributed by atoms with van der Waals surface area (Å²) in [5.74, 6) is -0.630. The Labute approximate surface area is 164 Å². The summed E-state index contributed by atoms with van der Waals surface area (Å²) in [5.41, 5.74) is 2.78. The summed E-state index contributed by atoms with van der Waals surface area (Å²) in [6, 6.07) is 14.3. The van der Waals surface area contributed by atoms with Crippen molar-refractivity contribution in [3.8, 4) is 16.9 Å². The third-order valence-corrected chi connectivity index (χ3v) is 4.90. The van der Waals surface area contributed by atoms with Crippen LogP contribution in [0.25, 0.3) is 11.1 Å². The SMILES string of the molecule is COc1ccccc1-c1ccc(C[C@H](NC(=O)C2CCCCO2)C(=O)O)cc1. The summed E-state index contributed by atoms with van der Waals surface area (Å²) in [4.78, 5) is 23.9. The molecule has 6 heteroatoms. The molecule has 1 saturated heterocycles. The van der Waals surface area contributed by atoms with E-state index in [4.69, 9.17) is 9.47 Å². The highest BCUT2D eigenvalue weighted by Gasteiger charge is 2.27. The number of carboxylic acids is 1. The lowest BCUT2D eigenvalue weighted by molar-refractivity contribution is -0.145. The number of carboxylic acid groups (broad SMARTS) is 1. The van der Waals surface area contributed by atoms with Gasteiger partial charge in [-0.1, -0.05) is 42.5 Å². The van der Waals surface area contributed by atoms with Gasteiger partial charge in [-0.3, -0.25) is 4.79 Å². The topological polar surface area (TPSA) is 84.9 Å². The van der Waals surface area contributed by atoms with Crippen LogP contribution in [-0.2, 0) is 20.7 Å². The Bertz CT molecular complexity index is 812. The lowest BCUT2D eigenvalue weighted by atomic mass is 9.99. The Morgan fingerprint density at radius 3 is 2.57 bits per heavy atom. The molecule has 28 heavy (non-hydrogen) atoms. The van der Waals surface area contributed by atoms with E-state index >= 15 is 0 Å². The average molecular weight is 383 g/mol. The standard InChI is InChI=1S/C22H25NO5/c1-27-19-7-3-2-6-17(19)16-11-9-15(10-12-16)14-18(22(25)26)23-21(24)20-8-4-5-13-28-20/h2-3,6-7,9-12,18,20H,4-5,8,13-14H2,1H3,(H,23,24)(H,25,26)/t18-,20?/m0/s1. The number of hydrogen-bond donors (Lipinski definition) is 2. The van der Waals surface area contributed by atoms with E-state index in [-0.39, 0.29) is 12.3 Å². The Balaban J connectivity index is 1.68. The number of rotatable bonds is 7. The van der Waals surface area contributed by atoms with Gasteiger partial charge in [0.05, 0.1) is 7.11 Å². The number of benzene rings is 2. The van der Waals surface area contributed by atoms with Crippen molar-refractivity contribution in [1.29, 1.82) is 0 Å². The number of methoxy groups -OCH3 is 1.